The van der Waals surface area contributed by atoms with Gasteiger partial charge in [-0.15, -0.1) is 0 Å². The minimum Gasteiger partial charge on any atom is -0.455 e. The van der Waals surface area contributed by atoms with Crippen molar-refractivity contribution in [2.75, 3.05) is 0 Å². The van der Waals surface area contributed by atoms with Gasteiger partial charge < -0.3 is 4.42 Å². The molecule has 9 rings (SSSR count). The van der Waals surface area contributed by atoms with Gasteiger partial charge in [-0.05, 0) is 85.1 Å². The van der Waals surface area contributed by atoms with Crippen LogP contribution in [0.2, 0.25) is 0 Å². The van der Waals surface area contributed by atoms with Crippen LogP contribution < -0.4 is 0 Å². The zero-order valence-electron chi connectivity index (χ0n) is 25.7. The lowest BCUT2D eigenvalue weighted by Crippen LogP contribution is -1.87. The Morgan fingerprint density at radius 3 is 1.53 bits per heavy atom. The van der Waals surface area contributed by atoms with Gasteiger partial charge in [-0.1, -0.05) is 158 Å². The molecule has 0 spiro atoms. The lowest BCUT2D eigenvalue weighted by atomic mass is 9.90. The summed E-state index contributed by atoms with van der Waals surface area (Å²) in [6, 6.07) is 65.1. The molecule has 0 amide bonds. The topological polar surface area (TPSA) is 13.1 Å². The van der Waals surface area contributed by atoms with Crippen molar-refractivity contribution in [3.8, 4) is 55.6 Å². The van der Waals surface area contributed by atoms with E-state index >= 15 is 0 Å². The number of hydrogen-bond donors (Lipinski definition) is 0. The van der Waals surface area contributed by atoms with Crippen molar-refractivity contribution in [2.45, 2.75) is 0 Å². The fourth-order valence-corrected chi connectivity index (χ4v) is 6.99. The summed E-state index contributed by atoms with van der Waals surface area (Å²) in [5, 5.41) is 4.71. The number of fused-ring (bicyclic) bond motifs is 4. The van der Waals surface area contributed by atoms with E-state index in [1.165, 1.54) is 49.7 Å². The van der Waals surface area contributed by atoms with Gasteiger partial charge in [0.25, 0.3) is 0 Å². The molecule has 1 heteroatoms. The summed E-state index contributed by atoms with van der Waals surface area (Å²) in [6.07, 6.45) is 0. The second-order valence-corrected chi connectivity index (χ2v) is 12.1. The summed E-state index contributed by atoms with van der Waals surface area (Å²) in [5.74, 6) is 0. The first-order valence-electron chi connectivity index (χ1n) is 16.1. The monoisotopic (exact) mass is 598 g/mol. The summed E-state index contributed by atoms with van der Waals surface area (Å²) in [4.78, 5) is 0. The molecule has 0 atom stereocenters. The van der Waals surface area contributed by atoms with E-state index in [4.69, 9.17) is 4.42 Å². The van der Waals surface area contributed by atoms with Gasteiger partial charge in [0, 0.05) is 16.3 Å². The number of benzene rings is 8. The third-order valence-electron chi connectivity index (χ3n) is 9.28. The largest absolute Gasteiger partial charge is 0.455 e. The highest BCUT2D eigenvalue weighted by atomic mass is 16.3. The van der Waals surface area contributed by atoms with E-state index in [2.05, 4.69) is 182 Å². The van der Waals surface area contributed by atoms with Crippen LogP contribution in [0.3, 0.4) is 0 Å². The lowest BCUT2D eigenvalue weighted by Gasteiger charge is -2.13. The van der Waals surface area contributed by atoms with Gasteiger partial charge >= 0.3 is 0 Å². The molecule has 0 saturated heterocycles. The van der Waals surface area contributed by atoms with Gasteiger partial charge in [0.2, 0.25) is 0 Å². The van der Waals surface area contributed by atoms with Crippen LogP contribution in [0.4, 0.5) is 0 Å². The Hall–Kier alpha value is -6.18. The lowest BCUT2D eigenvalue weighted by molar-refractivity contribution is 0.670. The molecule has 0 fully saturated rings. The second kappa shape index (κ2) is 11.3. The van der Waals surface area contributed by atoms with E-state index in [-0.39, 0.29) is 0 Å². The minimum atomic E-state index is 0.893. The van der Waals surface area contributed by atoms with E-state index in [1.807, 2.05) is 0 Å². The Bertz CT molecular complexity index is 2530. The van der Waals surface area contributed by atoms with Crippen LogP contribution in [-0.4, -0.2) is 0 Å². The van der Waals surface area contributed by atoms with Gasteiger partial charge in [-0.25, -0.2) is 0 Å². The van der Waals surface area contributed by atoms with Crippen LogP contribution >= 0.6 is 0 Å². The second-order valence-electron chi connectivity index (χ2n) is 12.1. The molecule has 1 aromatic heterocycles. The number of furan rings is 1. The molecule has 0 unspecified atom stereocenters. The van der Waals surface area contributed by atoms with E-state index in [0.29, 0.717) is 0 Å². The Labute approximate surface area is 274 Å². The summed E-state index contributed by atoms with van der Waals surface area (Å²) in [5.41, 5.74) is 13.6. The average Bonchev–Trinajstić information content (AvgIpc) is 3.55. The van der Waals surface area contributed by atoms with Crippen molar-refractivity contribution < 1.29 is 4.42 Å². The van der Waals surface area contributed by atoms with Crippen LogP contribution in [0.1, 0.15) is 0 Å². The zero-order valence-corrected chi connectivity index (χ0v) is 25.7. The molecule has 47 heavy (non-hydrogen) atoms. The van der Waals surface area contributed by atoms with Gasteiger partial charge in [0.15, 0.2) is 0 Å². The molecular formula is C46H30O. The number of para-hydroxylation sites is 1. The van der Waals surface area contributed by atoms with Gasteiger partial charge in [0.1, 0.15) is 11.2 Å². The van der Waals surface area contributed by atoms with Crippen molar-refractivity contribution in [2.24, 2.45) is 0 Å². The smallest absolute Gasteiger partial charge is 0.143 e. The van der Waals surface area contributed by atoms with E-state index < -0.39 is 0 Å². The maximum absolute atomic E-state index is 6.73. The minimum absolute atomic E-state index is 0.893. The predicted octanol–water partition coefficient (Wildman–Crippen LogP) is 13.1. The fourth-order valence-electron chi connectivity index (χ4n) is 6.99. The molecule has 0 radical (unpaired) electrons. The fraction of sp³-hybridized carbons (Fsp3) is 0. The number of hydrogen-bond acceptors (Lipinski definition) is 1. The highest BCUT2D eigenvalue weighted by Crippen LogP contribution is 2.43. The normalized spacial score (nSPS) is 11.4. The Kier molecular flexibility index (Phi) is 6.54. The van der Waals surface area contributed by atoms with Gasteiger partial charge in [-0.2, -0.15) is 0 Å². The third kappa shape index (κ3) is 4.81. The molecule has 0 bridgehead atoms. The number of rotatable bonds is 5. The first kappa shape index (κ1) is 27.2. The van der Waals surface area contributed by atoms with Crippen LogP contribution in [0.25, 0.3) is 88.3 Å². The highest BCUT2D eigenvalue weighted by molar-refractivity contribution is 6.17. The average molecular weight is 599 g/mol. The molecule has 1 nitrogen and oxygen atoms in total. The first-order chi connectivity index (χ1) is 23.3. The molecule has 9 aromatic rings. The molecule has 220 valence electrons. The quantitative estimate of drug-likeness (QED) is 0.192. The summed E-state index contributed by atoms with van der Waals surface area (Å²) in [7, 11) is 0. The van der Waals surface area contributed by atoms with Gasteiger partial charge in [-0.3, -0.25) is 0 Å². The Morgan fingerprint density at radius 2 is 0.787 bits per heavy atom. The molecule has 0 aliphatic rings. The predicted molar refractivity (Wildman–Crippen MR) is 198 cm³/mol. The Balaban J connectivity index is 1.24. The van der Waals surface area contributed by atoms with Crippen molar-refractivity contribution in [1.82, 2.24) is 0 Å². The Morgan fingerprint density at radius 1 is 0.298 bits per heavy atom. The van der Waals surface area contributed by atoms with Crippen molar-refractivity contribution in [3.05, 3.63) is 182 Å². The molecule has 0 N–H and O–H groups in total. The maximum Gasteiger partial charge on any atom is 0.143 e. The summed E-state index contributed by atoms with van der Waals surface area (Å²) < 4.78 is 6.73. The van der Waals surface area contributed by atoms with Crippen LogP contribution in [0.15, 0.2) is 186 Å². The molecule has 0 aliphatic heterocycles. The first-order valence-corrected chi connectivity index (χ1v) is 16.1. The van der Waals surface area contributed by atoms with Crippen molar-refractivity contribution in [1.29, 1.82) is 0 Å². The van der Waals surface area contributed by atoms with Crippen LogP contribution in [-0.2, 0) is 0 Å². The van der Waals surface area contributed by atoms with E-state index in [1.54, 1.807) is 0 Å². The SMILES string of the molecule is c1ccc(-c2ccc(-c3cc(-c4ccccc4)cc(-c4cccc5oc6c(-c7cccc8ccccc78)cccc6c45)c3)cc2)cc1. The third-order valence-corrected chi connectivity index (χ3v) is 9.28. The van der Waals surface area contributed by atoms with E-state index in [9.17, 15) is 0 Å². The standard InChI is InChI=1S/C46H30O/c1-3-12-31(13-4-1)33-24-26-34(27-25-33)37-28-36(32-14-5-2-6-15-32)29-38(30-37)40-19-11-23-44-45(40)43-22-10-21-42(46(43)47-44)41-20-9-17-35-16-7-8-18-39(35)41/h1-30H. The summed E-state index contributed by atoms with van der Waals surface area (Å²) in [6.45, 7) is 0. The van der Waals surface area contributed by atoms with Gasteiger partial charge in [0.05, 0.1) is 0 Å². The molecule has 1 heterocycles. The van der Waals surface area contributed by atoms with Crippen LogP contribution in [0.5, 0.6) is 0 Å². The summed E-state index contributed by atoms with van der Waals surface area (Å²) >= 11 is 0. The van der Waals surface area contributed by atoms with Crippen LogP contribution in [0, 0.1) is 0 Å². The maximum atomic E-state index is 6.73. The highest BCUT2D eigenvalue weighted by Gasteiger charge is 2.18. The zero-order chi connectivity index (χ0) is 31.2. The van der Waals surface area contributed by atoms with Crippen molar-refractivity contribution >= 4 is 32.7 Å². The molecule has 0 aliphatic carbocycles. The van der Waals surface area contributed by atoms with E-state index in [0.717, 1.165) is 38.6 Å². The molecule has 8 aromatic carbocycles. The molecule has 0 saturated carbocycles. The van der Waals surface area contributed by atoms with Crippen molar-refractivity contribution in [3.63, 3.8) is 0 Å². The molecular weight excluding hydrogens is 569 g/mol.